The fraction of sp³-hybridized carbons (Fsp3) is 0.450. The number of anilines is 2. The highest BCUT2D eigenvalue weighted by Gasteiger charge is 2.37. The molecule has 3 aromatic rings. The zero-order valence-corrected chi connectivity index (χ0v) is 25.3. The lowest BCUT2D eigenvalue weighted by molar-refractivity contribution is 0.394. The Morgan fingerprint density at radius 1 is 0.585 bits per heavy atom. The van der Waals surface area contributed by atoms with Crippen molar-refractivity contribution in [3.63, 3.8) is 0 Å². The van der Waals surface area contributed by atoms with Crippen LogP contribution in [0.3, 0.4) is 0 Å². The Balaban J connectivity index is 1.26. The Labute approximate surface area is 248 Å². The molecule has 3 aromatic carbocycles. The van der Waals surface area contributed by atoms with Crippen LogP contribution in [0.1, 0.15) is 120 Å². The predicted molar refractivity (Wildman–Crippen MR) is 175 cm³/mol. The van der Waals surface area contributed by atoms with Gasteiger partial charge in [0.2, 0.25) is 0 Å². The van der Waals surface area contributed by atoms with Gasteiger partial charge >= 0.3 is 0 Å². The van der Waals surface area contributed by atoms with Crippen LogP contribution in [0.15, 0.2) is 90.2 Å². The van der Waals surface area contributed by atoms with Crippen molar-refractivity contribution in [1.82, 2.24) is 0 Å². The van der Waals surface area contributed by atoms with Gasteiger partial charge in [-0.3, -0.25) is 0 Å². The zero-order chi connectivity index (χ0) is 27.8. The largest absolute Gasteiger partial charge is 0.314 e. The van der Waals surface area contributed by atoms with Crippen molar-refractivity contribution >= 4 is 11.4 Å². The van der Waals surface area contributed by atoms with E-state index in [0.29, 0.717) is 0 Å². The third kappa shape index (κ3) is 5.11. The second-order valence-electron chi connectivity index (χ2n) is 13.8. The molecule has 2 saturated carbocycles. The van der Waals surface area contributed by atoms with E-state index in [2.05, 4.69) is 97.6 Å². The van der Waals surface area contributed by atoms with Gasteiger partial charge in [0.25, 0.3) is 0 Å². The molecular weight excluding hydrogens is 494 g/mol. The Hall–Kier alpha value is -3.06. The van der Waals surface area contributed by atoms with Gasteiger partial charge in [-0.1, -0.05) is 106 Å². The van der Waals surface area contributed by atoms with Gasteiger partial charge in [-0.05, 0) is 115 Å². The van der Waals surface area contributed by atoms with Crippen LogP contribution in [-0.2, 0) is 5.41 Å². The lowest BCUT2D eigenvalue weighted by Crippen LogP contribution is -2.19. The highest BCUT2D eigenvalue weighted by atomic mass is 15.1. The average molecular weight is 542 g/mol. The van der Waals surface area contributed by atoms with E-state index in [1.54, 1.807) is 11.1 Å². The molecule has 212 valence electrons. The molecule has 0 N–H and O–H groups in total. The third-order valence-electron chi connectivity index (χ3n) is 10.8. The number of para-hydroxylation sites is 1. The molecule has 0 radical (unpaired) electrons. The fourth-order valence-electron chi connectivity index (χ4n) is 8.47. The van der Waals surface area contributed by atoms with Crippen LogP contribution in [0.25, 0.3) is 11.1 Å². The highest BCUT2D eigenvalue weighted by Crippen LogP contribution is 2.51. The van der Waals surface area contributed by atoms with Crippen molar-refractivity contribution in [2.75, 3.05) is 4.90 Å². The lowest BCUT2D eigenvalue weighted by atomic mass is 9.79. The minimum absolute atomic E-state index is 0.000396. The molecule has 0 spiro atoms. The highest BCUT2D eigenvalue weighted by molar-refractivity contribution is 5.84. The van der Waals surface area contributed by atoms with E-state index in [1.807, 2.05) is 0 Å². The molecule has 0 heterocycles. The minimum atomic E-state index is -0.000396. The topological polar surface area (TPSA) is 3.24 Å². The van der Waals surface area contributed by atoms with Gasteiger partial charge in [0.05, 0.1) is 0 Å². The molecule has 0 bridgehead atoms. The van der Waals surface area contributed by atoms with Crippen molar-refractivity contribution < 1.29 is 0 Å². The lowest BCUT2D eigenvalue weighted by Gasteiger charge is -2.30. The summed E-state index contributed by atoms with van der Waals surface area (Å²) >= 11 is 0. The molecule has 41 heavy (non-hydrogen) atoms. The average Bonchev–Trinajstić information content (AvgIpc) is 3.16. The van der Waals surface area contributed by atoms with Crippen molar-refractivity contribution in [2.45, 2.75) is 109 Å². The van der Waals surface area contributed by atoms with Gasteiger partial charge in [0.1, 0.15) is 0 Å². The van der Waals surface area contributed by atoms with Crippen molar-refractivity contribution in [3.05, 3.63) is 107 Å². The summed E-state index contributed by atoms with van der Waals surface area (Å²) in [5.74, 6) is 1.55. The Kier molecular flexibility index (Phi) is 7.40. The van der Waals surface area contributed by atoms with Crippen LogP contribution in [0, 0.1) is 5.92 Å². The van der Waals surface area contributed by atoms with Crippen molar-refractivity contribution in [1.29, 1.82) is 0 Å². The summed E-state index contributed by atoms with van der Waals surface area (Å²) in [6.45, 7) is 4.89. The minimum Gasteiger partial charge on any atom is -0.314 e. The quantitative estimate of drug-likeness (QED) is 0.310. The van der Waals surface area contributed by atoms with E-state index in [9.17, 15) is 0 Å². The first kappa shape index (κ1) is 26.8. The summed E-state index contributed by atoms with van der Waals surface area (Å²) in [5.41, 5.74) is 13.1. The van der Waals surface area contributed by atoms with Gasteiger partial charge < -0.3 is 4.90 Å². The molecule has 0 atom stereocenters. The Morgan fingerprint density at radius 3 is 1.98 bits per heavy atom. The summed E-state index contributed by atoms with van der Waals surface area (Å²) in [7, 11) is 0. The maximum atomic E-state index is 2.57. The molecule has 0 aliphatic heterocycles. The van der Waals surface area contributed by atoms with Crippen LogP contribution < -0.4 is 4.90 Å². The van der Waals surface area contributed by atoms with Crippen molar-refractivity contribution in [3.8, 4) is 11.1 Å². The second kappa shape index (κ2) is 11.3. The molecule has 1 heteroatoms. The predicted octanol–water partition coefficient (Wildman–Crippen LogP) is 11.8. The first-order valence-electron chi connectivity index (χ1n) is 16.6. The van der Waals surface area contributed by atoms with E-state index in [0.717, 1.165) is 18.3 Å². The summed E-state index contributed by atoms with van der Waals surface area (Å²) in [5, 5.41) is 0. The third-order valence-corrected chi connectivity index (χ3v) is 10.8. The molecule has 2 fully saturated rings. The summed E-state index contributed by atoms with van der Waals surface area (Å²) in [6.07, 6.45) is 22.5. The van der Waals surface area contributed by atoms with Gasteiger partial charge in [-0.25, -0.2) is 0 Å². The van der Waals surface area contributed by atoms with Crippen LogP contribution >= 0.6 is 0 Å². The maximum absolute atomic E-state index is 2.57. The molecule has 0 saturated heterocycles. The normalized spacial score (nSPS) is 20.9. The molecule has 4 aliphatic rings. The number of allylic oxidation sites excluding steroid dienone is 4. The second-order valence-corrected chi connectivity index (χ2v) is 13.8. The van der Waals surface area contributed by atoms with Crippen LogP contribution in [0.4, 0.5) is 11.4 Å². The van der Waals surface area contributed by atoms with Crippen LogP contribution in [0.5, 0.6) is 0 Å². The van der Waals surface area contributed by atoms with E-state index >= 15 is 0 Å². The van der Waals surface area contributed by atoms with E-state index in [1.165, 1.54) is 116 Å². The van der Waals surface area contributed by atoms with Crippen molar-refractivity contribution in [2.24, 2.45) is 5.92 Å². The maximum Gasteiger partial charge on any atom is 0.0461 e. The van der Waals surface area contributed by atoms with Gasteiger partial charge in [0.15, 0.2) is 0 Å². The van der Waals surface area contributed by atoms with Crippen LogP contribution in [-0.4, -0.2) is 0 Å². The Morgan fingerprint density at radius 2 is 1.24 bits per heavy atom. The molecule has 0 amide bonds. The number of benzene rings is 3. The standard InChI is InChI=1S/C40H47N/c1-40(2)38-27-32(30-15-8-4-9-16-30)22-25-36(38)37-26-24-35(28-39(37)40)41(33-18-10-5-11-19-33)34-20-12-17-31(21-23-34)29-13-6-3-7-14-29/h5,10-11,18-19,21-30H,3-4,6-9,12-17,20H2,1-2H3. The number of hydrogen-bond donors (Lipinski definition) is 0. The summed E-state index contributed by atoms with van der Waals surface area (Å²) < 4.78 is 0. The Bertz CT molecular complexity index is 1440. The first-order valence-corrected chi connectivity index (χ1v) is 16.6. The van der Waals surface area contributed by atoms with Gasteiger partial charge in [-0.15, -0.1) is 0 Å². The summed E-state index contributed by atoms with van der Waals surface area (Å²) in [4.78, 5) is 2.55. The molecule has 0 unspecified atom stereocenters. The smallest absolute Gasteiger partial charge is 0.0461 e. The number of nitrogens with zero attached hydrogens (tertiary/aromatic N) is 1. The van der Waals surface area contributed by atoms with Crippen LogP contribution in [0.2, 0.25) is 0 Å². The molecule has 0 aromatic heterocycles. The van der Waals surface area contributed by atoms with E-state index in [4.69, 9.17) is 0 Å². The van der Waals surface area contributed by atoms with E-state index in [-0.39, 0.29) is 5.41 Å². The molecule has 4 aliphatic carbocycles. The monoisotopic (exact) mass is 541 g/mol. The number of hydrogen-bond acceptors (Lipinski definition) is 1. The van der Waals surface area contributed by atoms with E-state index < -0.39 is 0 Å². The summed E-state index contributed by atoms with van der Waals surface area (Å²) in [6, 6.07) is 25.8. The molecule has 7 rings (SSSR count). The SMILES string of the molecule is CC1(C)c2cc(C3CCCCC3)ccc2-c2ccc(N(C3=CC=C(C4CCCCC4)CCC3)c3ccccc3)cc21. The zero-order valence-electron chi connectivity index (χ0n) is 25.3. The number of rotatable bonds is 5. The molecule has 1 nitrogen and oxygen atoms in total. The van der Waals surface area contributed by atoms with Gasteiger partial charge in [-0.2, -0.15) is 0 Å². The fourth-order valence-corrected chi connectivity index (χ4v) is 8.47. The number of fused-ring (bicyclic) bond motifs is 3. The molecular formula is C40H47N. The first-order chi connectivity index (χ1) is 20.1. The van der Waals surface area contributed by atoms with Gasteiger partial charge in [0, 0.05) is 22.5 Å².